The lowest BCUT2D eigenvalue weighted by molar-refractivity contribution is -0.152. The minimum atomic E-state index is -0.379. The summed E-state index contributed by atoms with van der Waals surface area (Å²) in [5.74, 6) is 0.440. The van der Waals surface area contributed by atoms with Crippen LogP contribution in [0.5, 0.6) is 5.75 Å². The van der Waals surface area contributed by atoms with Gasteiger partial charge in [-0.15, -0.1) is 11.3 Å². The molecule has 0 atom stereocenters. The van der Waals surface area contributed by atoms with E-state index in [-0.39, 0.29) is 12.3 Å². The van der Waals surface area contributed by atoms with Gasteiger partial charge in [0.1, 0.15) is 17.2 Å². The highest BCUT2D eigenvalue weighted by Crippen LogP contribution is 2.30. The Kier molecular flexibility index (Phi) is 7.91. The van der Waals surface area contributed by atoms with Gasteiger partial charge in [0.15, 0.2) is 6.29 Å². The molecule has 0 fully saturated rings. The van der Waals surface area contributed by atoms with Gasteiger partial charge >= 0.3 is 5.97 Å². The molecular weight excluding hydrogens is 340 g/mol. The number of thiophene rings is 1. The van der Waals surface area contributed by atoms with Gasteiger partial charge < -0.3 is 18.9 Å². The van der Waals surface area contributed by atoms with Crippen molar-refractivity contribution in [1.82, 2.24) is 0 Å². The number of hydrogen-bond acceptors (Lipinski definition) is 6. The second-order valence-electron chi connectivity index (χ2n) is 5.06. The van der Waals surface area contributed by atoms with Crippen molar-refractivity contribution in [1.29, 1.82) is 0 Å². The molecule has 1 heterocycles. The minimum absolute atomic E-state index is 0.289. The minimum Gasteiger partial charge on any atom is -0.488 e. The van der Waals surface area contributed by atoms with Crippen molar-refractivity contribution in [2.75, 3.05) is 26.4 Å². The van der Waals surface area contributed by atoms with Crippen LogP contribution in [0.25, 0.3) is 10.4 Å². The Morgan fingerprint density at radius 3 is 2.48 bits per heavy atom. The Bertz CT molecular complexity index is 661. The van der Waals surface area contributed by atoms with E-state index < -0.39 is 0 Å². The topological polar surface area (TPSA) is 54.0 Å². The molecule has 0 bridgehead atoms. The number of ether oxygens (including phenoxy) is 4. The first-order valence-electron chi connectivity index (χ1n) is 8.41. The molecule has 0 spiro atoms. The van der Waals surface area contributed by atoms with Crippen molar-refractivity contribution < 1.29 is 23.7 Å². The lowest BCUT2D eigenvalue weighted by Gasteiger charge is -2.17. The number of carbonyl (C=O) groups excluding carboxylic acids is 1. The van der Waals surface area contributed by atoms with E-state index in [1.54, 1.807) is 13.0 Å². The number of rotatable bonds is 10. The molecule has 0 saturated carbocycles. The van der Waals surface area contributed by atoms with Crippen LogP contribution in [-0.4, -0.2) is 38.7 Å². The zero-order chi connectivity index (χ0) is 18.1. The molecule has 1 aromatic carbocycles. The van der Waals surface area contributed by atoms with E-state index >= 15 is 0 Å². The SMILES string of the molecule is CCOC(=O)c1ccc(-c2cccc(OCC(OCC)OCC)c2)s1. The number of esters is 1. The van der Waals surface area contributed by atoms with Gasteiger partial charge in [-0.05, 0) is 50.6 Å². The quantitative estimate of drug-likeness (QED) is 0.463. The zero-order valence-corrected chi connectivity index (χ0v) is 15.6. The van der Waals surface area contributed by atoms with Crippen molar-refractivity contribution >= 4 is 17.3 Å². The second kappa shape index (κ2) is 10.2. The van der Waals surface area contributed by atoms with Crippen molar-refractivity contribution in [2.45, 2.75) is 27.1 Å². The second-order valence-corrected chi connectivity index (χ2v) is 6.15. The van der Waals surface area contributed by atoms with Crippen LogP contribution in [0.15, 0.2) is 36.4 Å². The van der Waals surface area contributed by atoms with Crippen molar-refractivity contribution in [2.24, 2.45) is 0 Å². The summed E-state index contributed by atoms with van der Waals surface area (Å²) in [6, 6.07) is 11.4. The van der Waals surface area contributed by atoms with Gasteiger partial charge in [-0.25, -0.2) is 4.79 Å². The van der Waals surface area contributed by atoms with Crippen LogP contribution in [0.3, 0.4) is 0 Å². The highest BCUT2D eigenvalue weighted by Gasteiger charge is 2.12. The highest BCUT2D eigenvalue weighted by atomic mass is 32.1. The van der Waals surface area contributed by atoms with Crippen molar-refractivity contribution in [3.8, 4) is 16.2 Å². The summed E-state index contributed by atoms with van der Waals surface area (Å²) in [5, 5.41) is 0. The van der Waals surface area contributed by atoms with Crippen molar-refractivity contribution in [3.05, 3.63) is 41.3 Å². The standard InChI is InChI=1S/C19H24O5S/c1-4-21-18(22-5-2)13-24-15-9-7-8-14(12-15)16-10-11-17(25-16)19(20)23-6-3/h7-12,18H,4-6,13H2,1-3H3. The first-order chi connectivity index (χ1) is 12.2. The summed E-state index contributed by atoms with van der Waals surface area (Å²) in [6.45, 7) is 7.47. The van der Waals surface area contributed by atoms with Crippen molar-refractivity contribution in [3.63, 3.8) is 0 Å². The number of carbonyl (C=O) groups is 1. The molecule has 0 saturated heterocycles. The Morgan fingerprint density at radius 1 is 1.04 bits per heavy atom. The fourth-order valence-electron chi connectivity index (χ4n) is 2.22. The van der Waals surface area contributed by atoms with E-state index in [1.165, 1.54) is 11.3 Å². The van der Waals surface area contributed by atoms with E-state index in [1.807, 2.05) is 44.2 Å². The van der Waals surface area contributed by atoms with E-state index in [9.17, 15) is 4.79 Å². The molecule has 0 N–H and O–H groups in total. The summed E-state index contributed by atoms with van der Waals surface area (Å²) in [6.07, 6.45) is -0.379. The van der Waals surface area contributed by atoms with Gasteiger partial charge in [-0.1, -0.05) is 12.1 Å². The molecule has 6 heteroatoms. The third-order valence-corrected chi connectivity index (χ3v) is 4.41. The lowest BCUT2D eigenvalue weighted by atomic mass is 10.2. The van der Waals surface area contributed by atoms with E-state index in [0.717, 1.165) is 16.2 Å². The molecule has 5 nitrogen and oxygen atoms in total. The van der Waals surface area contributed by atoms with Gasteiger partial charge in [0.25, 0.3) is 0 Å². The maximum Gasteiger partial charge on any atom is 0.348 e. The van der Waals surface area contributed by atoms with Gasteiger partial charge in [0.2, 0.25) is 0 Å². The summed E-state index contributed by atoms with van der Waals surface area (Å²) >= 11 is 1.40. The molecule has 0 aliphatic carbocycles. The van der Waals surface area contributed by atoms with Crippen LogP contribution in [0.2, 0.25) is 0 Å². The average molecular weight is 364 g/mol. The van der Waals surface area contributed by atoms with E-state index in [4.69, 9.17) is 18.9 Å². The predicted octanol–water partition coefficient (Wildman–Crippen LogP) is 4.37. The van der Waals surface area contributed by atoms with Crippen LogP contribution in [0, 0.1) is 0 Å². The van der Waals surface area contributed by atoms with E-state index in [2.05, 4.69) is 0 Å². The smallest absolute Gasteiger partial charge is 0.348 e. The Labute approximate surface area is 152 Å². The van der Waals surface area contributed by atoms with Gasteiger partial charge in [-0.3, -0.25) is 0 Å². The summed E-state index contributed by atoms with van der Waals surface area (Å²) in [4.78, 5) is 13.4. The Morgan fingerprint density at radius 2 is 1.80 bits per heavy atom. The van der Waals surface area contributed by atoms with Crippen LogP contribution >= 0.6 is 11.3 Å². The highest BCUT2D eigenvalue weighted by molar-refractivity contribution is 7.17. The Balaban J connectivity index is 2.04. The molecule has 2 aromatic rings. The van der Waals surface area contributed by atoms with Gasteiger partial charge in [0, 0.05) is 18.1 Å². The molecule has 136 valence electrons. The largest absolute Gasteiger partial charge is 0.488 e. The summed E-state index contributed by atoms with van der Waals surface area (Å²) in [7, 11) is 0. The van der Waals surface area contributed by atoms with Gasteiger partial charge in [-0.2, -0.15) is 0 Å². The molecule has 0 amide bonds. The monoisotopic (exact) mass is 364 g/mol. The summed E-state index contributed by atoms with van der Waals surface area (Å²) in [5.41, 5.74) is 0.988. The lowest BCUT2D eigenvalue weighted by Crippen LogP contribution is -2.25. The zero-order valence-electron chi connectivity index (χ0n) is 14.8. The van der Waals surface area contributed by atoms with Crippen LogP contribution in [-0.2, 0) is 14.2 Å². The third-order valence-electron chi connectivity index (χ3n) is 3.29. The third kappa shape index (κ3) is 5.85. The maximum atomic E-state index is 11.8. The fourth-order valence-corrected chi connectivity index (χ4v) is 3.12. The summed E-state index contributed by atoms with van der Waals surface area (Å²) < 4.78 is 21.8. The number of hydrogen-bond donors (Lipinski definition) is 0. The molecule has 25 heavy (non-hydrogen) atoms. The first-order valence-corrected chi connectivity index (χ1v) is 9.22. The fraction of sp³-hybridized carbons (Fsp3) is 0.421. The molecule has 0 aliphatic heterocycles. The average Bonchev–Trinajstić information content (AvgIpc) is 3.11. The Hall–Kier alpha value is -1.89. The van der Waals surface area contributed by atoms with E-state index in [0.29, 0.717) is 31.3 Å². The predicted molar refractivity (Wildman–Crippen MR) is 98.2 cm³/mol. The molecule has 2 rings (SSSR count). The molecular formula is C19H24O5S. The molecule has 0 unspecified atom stereocenters. The molecule has 0 radical (unpaired) electrons. The van der Waals surface area contributed by atoms with Crippen LogP contribution in [0.1, 0.15) is 30.4 Å². The van der Waals surface area contributed by atoms with Gasteiger partial charge in [0.05, 0.1) is 6.61 Å². The normalized spacial score (nSPS) is 10.9. The first kappa shape index (κ1) is 19.4. The maximum absolute atomic E-state index is 11.8. The van der Waals surface area contributed by atoms with Crippen LogP contribution in [0.4, 0.5) is 0 Å². The molecule has 1 aromatic heterocycles. The number of benzene rings is 1. The molecule has 0 aliphatic rings. The van der Waals surface area contributed by atoms with Crippen LogP contribution < -0.4 is 4.74 Å².